The van der Waals surface area contributed by atoms with Crippen LogP contribution in [0.2, 0.25) is 0 Å². The molecular formula is C21H28NO6PS. The molecule has 0 spiro atoms. The van der Waals surface area contributed by atoms with Gasteiger partial charge in [0.25, 0.3) is 0 Å². The molecule has 0 aliphatic carbocycles. The molecule has 0 heterocycles. The third kappa shape index (κ3) is 6.62. The first-order valence-electron chi connectivity index (χ1n) is 9.55. The van der Waals surface area contributed by atoms with Gasteiger partial charge in [0.15, 0.2) is 0 Å². The zero-order valence-electron chi connectivity index (χ0n) is 17.4. The van der Waals surface area contributed by atoms with E-state index in [4.69, 9.17) is 30.8 Å². The van der Waals surface area contributed by atoms with Gasteiger partial charge >= 0.3 is 11.6 Å². The molecule has 0 radical (unpaired) electrons. The van der Waals surface area contributed by atoms with Crippen molar-refractivity contribution < 1.29 is 28.8 Å². The van der Waals surface area contributed by atoms with Gasteiger partial charge in [0.05, 0.1) is 14.2 Å². The van der Waals surface area contributed by atoms with E-state index in [9.17, 15) is 9.90 Å². The molecule has 0 aromatic heterocycles. The highest BCUT2D eigenvalue weighted by Gasteiger charge is 2.40. The highest BCUT2D eigenvalue weighted by molar-refractivity contribution is 7.96. The lowest BCUT2D eigenvalue weighted by atomic mass is 10.3. The quantitative estimate of drug-likeness (QED) is 0.362. The van der Waals surface area contributed by atoms with E-state index in [-0.39, 0.29) is 6.54 Å². The van der Waals surface area contributed by atoms with Crippen molar-refractivity contribution >= 4 is 25.1 Å². The van der Waals surface area contributed by atoms with Crippen molar-refractivity contribution in [1.82, 2.24) is 4.90 Å². The fraction of sp³-hybridized carbons (Fsp3) is 0.381. The van der Waals surface area contributed by atoms with Crippen LogP contribution in [0.3, 0.4) is 0 Å². The molecule has 1 N–H and O–H groups in total. The molecule has 0 fully saturated rings. The smallest absolute Gasteiger partial charge is 0.337 e. The minimum absolute atomic E-state index is 0.254. The first-order valence-corrected chi connectivity index (χ1v) is 12.0. The van der Waals surface area contributed by atoms with Gasteiger partial charge < -0.3 is 24.1 Å². The summed E-state index contributed by atoms with van der Waals surface area (Å²) in [5.74, 6) is 1.41. The van der Waals surface area contributed by atoms with Crippen LogP contribution in [0.4, 0.5) is 0 Å². The Bertz CT molecular complexity index is 766. The topological polar surface area (TPSA) is 77.5 Å². The minimum Gasteiger partial charge on any atom is -0.497 e. The van der Waals surface area contributed by atoms with E-state index < -0.39 is 19.0 Å². The number of hydrogen-bond acceptors (Lipinski definition) is 7. The normalized spacial score (nSPS) is 11.6. The molecular weight excluding hydrogens is 425 g/mol. The van der Waals surface area contributed by atoms with Gasteiger partial charge in [-0.1, -0.05) is 25.2 Å². The van der Waals surface area contributed by atoms with Gasteiger partial charge in [-0.05, 0) is 55.0 Å². The fourth-order valence-electron chi connectivity index (χ4n) is 2.76. The maximum absolute atomic E-state index is 11.6. The summed E-state index contributed by atoms with van der Waals surface area (Å²) < 4.78 is 22.9. The summed E-state index contributed by atoms with van der Waals surface area (Å²) in [6.45, 7) is 2.25. The van der Waals surface area contributed by atoms with Crippen LogP contribution in [-0.4, -0.2) is 48.9 Å². The van der Waals surface area contributed by atoms with Crippen LogP contribution in [-0.2, 0) is 16.6 Å². The summed E-state index contributed by atoms with van der Waals surface area (Å²) in [6, 6.07) is 14.0. The average Bonchev–Trinajstić information content (AvgIpc) is 2.77. The Morgan fingerprint density at radius 1 is 0.967 bits per heavy atom. The standard InChI is InChI=1S/C21H28NO6PS/c1-4-5-14-22(15-20(23)24)21(29-30,27-18-10-6-16(25-2)7-11-18)28-19-12-8-17(26-3)9-13-19/h6-13H,4-5,14-15,29H2,1-3H3,(H,23,24). The van der Waals surface area contributed by atoms with Crippen LogP contribution >= 0.6 is 7.36 Å². The zero-order chi connectivity index (χ0) is 22.0. The van der Waals surface area contributed by atoms with Gasteiger partial charge in [-0.3, -0.25) is 4.79 Å². The molecule has 2 aromatic rings. The second kappa shape index (κ2) is 11.8. The van der Waals surface area contributed by atoms with Crippen molar-refractivity contribution in [3.8, 4) is 23.0 Å². The lowest BCUT2D eigenvalue weighted by molar-refractivity contribution is -0.167. The second-order valence-electron chi connectivity index (χ2n) is 6.47. The van der Waals surface area contributed by atoms with Gasteiger partial charge in [0.1, 0.15) is 29.5 Å². The second-order valence-corrected chi connectivity index (χ2v) is 8.15. The highest BCUT2D eigenvalue weighted by Crippen LogP contribution is 2.36. The minimum atomic E-state index is -1.40. The molecule has 0 bridgehead atoms. The molecule has 0 aliphatic rings. The molecule has 0 aliphatic heterocycles. The number of methoxy groups -OCH3 is 2. The number of rotatable bonds is 13. The summed E-state index contributed by atoms with van der Waals surface area (Å²) in [5, 5.41) is 9.50. The van der Waals surface area contributed by atoms with Crippen LogP contribution in [0.25, 0.3) is 0 Å². The monoisotopic (exact) mass is 453 g/mol. The van der Waals surface area contributed by atoms with Crippen LogP contribution < -0.4 is 18.9 Å². The van der Waals surface area contributed by atoms with Crippen LogP contribution in [0.15, 0.2) is 48.5 Å². The average molecular weight is 453 g/mol. The summed E-state index contributed by atoms with van der Waals surface area (Å²) in [4.78, 5) is 13.3. The number of hydrogen-bond donors (Lipinski definition) is 1. The number of nitrogens with zero attached hydrogens (tertiary/aromatic N) is 1. The molecule has 2 aromatic carbocycles. The molecule has 9 heteroatoms. The number of carboxylic acids is 1. The Morgan fingerprint density at radius 2 is 1.40 bits per heavy atom. The summed E-state index contributed by atoms with van der Waals surface area (Å²) in [5.41, 5.74) is -1.40. The number of ether oxygens (including phenoxy) is 4. The van der Waals surface area contributed by atoms with Crippen molar-refractivity contribution in [3.05, 3.63) is 48.5 Å². The van der Waals surface area contributed by atoms with E-state index in [0.29, 0.717) is 29.5 Å². The number of aliphatic carboxylic acids is 1. The number of carboxylic acid groups (broad SMARTS) is 1. The molecule has 2 rings (SSSR count). The fourth-order valence-corrected chi connectivity index (χ4v) is 4.23. The van der Waals surface area contributed by atoms with E-state index >= 15 is 0 Å². The zero-order valence-corrected chi connectivity index (χ0v) is 19.3. The van der Waals surface area contributed by atoms with Gasteiger partial charge in [-0.15, -0.1) is 0 Å². The third-order valence-corrected chi connectivity index (χ3v) is 6.14. The first kappa shape index (κ1) is 24.0. The Kier molecular flexibility index (Phi) is 9.43. The van der Waals surface area contributed by atoms with Crippen molar-refractivity contribution in [1.29, 1.82) is 0 Å². The number of carbonyl (C=O) groups is 1. The molecule has 30 heavy (non-hydrogen) atoms. The predicted molar refractivity (Wildman–Crippen MR) is 121 cm³/mol. The predicted octanol–water partition coefficient (Wildman–Crippen LogP) is 3.83. The van der Waals surface area contributed by atoms with E-state index in [1.165, 1.54) is 0 Å². The lowest BCUT2D eigenvalue weighted by Gasteiger charge is -2.40. The van der Waals surface area contributed by atoms with Gasteiger partial charge in [-0.2, -0.15) is 0 Å². The van der Waals surface area contributed by atoms with Crippen molar-refractivity contribution in [2.24, 2.45) is 0 Å². The van der Waals surface area contributed by atoms with Gasteiger partial charge in [0, 0.05) is 13.9 Å². The summed E-state index contributed by atoms with van der Waals surface area (Å²) >= 11 is 5.51. The van der Waals surface area contributed by atoms with E-state index in [0.717, 1.165) is 12.8 Å². The van der Waals surface area contributed by atoms with Crippen molar-refractivity contribution in [2.75, 3.05) is 27.3 Å². The number of unbranched alkanes of at least 4 members (excludes halogenated alkanes) is 1. The van der Waals surface area contributed by atoms with E-state index in [1.54, 1.807) is 67.7 Å². The van der Waals surface area contributed by atoms with Gasteiger partial charge in [-0.25, -0.2) is 4.90 Å². The highest BCUT2D eigenvalue weighted by atomic mass is 32.4. The molecule has 0 amide bonds. The maximum atomic E-state index is 11.6. The van der Waals surface area contributed by atoms with E-state index in [1.807, 2.05) is 6.92 Å². The Labute approximate surface area is 183 Å². The SMILES string of the molecule is CCCCN(CC(=O)O)C(Oc1ccc(OC)cc1)(Oc1ccc(OC)cc1)[PH2]=S. The molecule has 164 valence electrons. The Balaban J connectivity index is 2.43. The van der Waals surface area contributed by atoms with Gasteiger partial charge in [0.2, 0.25) is 0 Å². The van der Waals surface area contributed by atoms with Crippen LogP contribution in [0, 0.1) is 0 Å². The Hall–Kier alpha value is -2.28. The van der Waals surface area contributed by atoms with Crippen LogP contribution in [0.5, 0.6) is 23.0 Å². The molecule has 0 saturated heterocycles. The molecule has 7 nitrogen and oxygen atoms in total. The summed E-state index contributed by atoms with van der Waals surface area (Å²) in [7, 11) is 2.28. The maximum Gasteiger partial charge on any atom is 0.337 e. The summed E-state index contributed by atoms with van der Waals surface area (Å²) in [6.07, 6.45) is 1.67. The largest absolute Gasteiger partial charge is 0.497 e. The Morgan fingerprint density at radius 3 is 1.73 bits per heavy atom. The van der Waals surface area contributed by atoms with E-state index in [2.05, 4.69) is 0 Å². The molecule has 0 saturated carbocycles. The lowest BCUT2D eigenvalue weighted by Crippen LogP contribution is -2.55. The number of benzene rings is 2. The molecule has 1 unspecified atom stereocenters. The third-order valence-electron chi connectivity index (χ3n) is 4.34. The van der Waals surface area contributed by atoms with Crippen molar-refractivity contribution in [3.63, 3.8) is 0 Å². The van der Waals surface area contributed by atoms with Crippen molar-refractivity contribution in [2.45, 2.75) is 25.4 Å². The molecule has 1 atom stereocenters. The first-order chi connectivity index (χ1) is 14.5. The van der Waals surface area contributed by atoms with Crippen LogP contribution in [0.1, 0.15) is 19.8 Å².